The molecule has 0 bridgehead atoms. The fourth-order valence-electron chi connectivity index (χ4n) is 3.30. The van der Waals surface area contributed by atoms with Crippen molar-refractivity contribution in [2.45, 2.75) is 58.4 Å². The number of benzene rings is 1. The third-order valence-corrected chi connectivity index (χ3v) is 5.06. The maximum atomic E-state index is 12.3. The van der Waals surface area contributed by atoms with Crippen LogP contribution in [0.15, 0.2) is 18.2 Å². The zero-order chi connectivity index (χ0) is 18.8. The molecule has 146 valence electrons. The molecule has 2 rings (SSSR count). The molecule has 0 saturated carbocycles. The van der Waals surface area contributed by atoms with Gasteiger partial charge in [-0.2, -0.15) is 0 Å². The van der Waals surface area contributed by atoms with Crippen molar-refractivity contribution in [2.75, 3.05) is 26.8 Å². The monoisotopic (exact) mass is 362 g/mol. The van der Waals surface area contributed by atoms with Gasteiger partial charge in [0.15, 0.2) is 11.5 Å². The van der Waals surface area contributed by atoms with Crippen LogP contribution >= 0.6 is 0 Å². The van der Waals surface area contributed by atoms with Gasteiger partial charge in [-0.1, -0.05) is 19.4 Å². The molecule has 0 aromatic heterocycles. The first-order valence-corrected chi connectivity index (χ1v) is 9.94. The number of unbranched alkanes of at least 4 members (excludes halogenated alkanes) is 1. The van der Waals surface area contributed by atoms with E-state index in [2.05, 4.69) is 17.6 Å². The minimum absolute atomic E-state index is 0.0471. The van der Waals surface area contributed by atoms with Crippen molar-refractivity contribution in [3.8, 4) is 11.5 Å². The molecule has 1 atom stereocenters. The Kier molecular flexibility index (Phi) is 8.75. The summed E-state index contributed by atoms with van der Waals surface area (Å²) >= 11 is 0. The fourth-order valence-corrected chi connectivity index (χ4v) is 3.30. The summed E-state index contributed by atoms with van der Waals surface area (Å²) in [4.78, 5) is 12.3. The van der Waals surface area contributed by atoms with Crippen molar-refractivity contribution >= 4 is 5.91 Å². The smallest absolute Gasteiger partial charge is 0.220 e. The van der Waals surface area contributed by atoms with Crippen LogP contribution in [0.5, 0.6) is 11.5 Å². The van der Waals surface area contributed by atoms with Gasteiger partial charge >= 0.3 is 0 Å². The van der Waals surface area contributed by atoms with Crippen LogP contribution in [0.2, 0.25) is 0 Å². The van der Waals surface area contributed by atoms with Gasteiger partial charge in [-0.15, -0.1) is 0 Å². The Hall–Kier alpha value is -1.75. The minimum Gasteiger partial charge on any atom is -0.493 e. The second-order valence-corrected chi connectivity index (χ2v) is 7.13. The number of carbonyl (C=O) groups is 1. The fraction of sp³-hybridized carbons (Fsp3) is 0.667. The molecule has 2 N–H and O–H groups in total. The van der Waals surface area contributed by atoms with Crippen LogP contribution in [0.1, 0.15) is 64.0 Å². The predicted molar refractivity (Wildman–Crippen MR) is 105 cm³/mol. The number of carbonyl (C=O) groups excluding carboxylic acids is 1. The molecule has 1 heterocycles. The Labute approximate surface area is 157 Å². The average molecular weight is 363 g/mol. The summed E-state index contributed by atoms with van der Waals surface area (Å²) in [6.07, 6.45) is 6.06. The molecular formula is C21H34N2O3. The summed E-state index contributed by atoms with van der Waals surface area (Å²) in [6, 6.07) is 5.84. The van der Waals surface area contributed by atoms with Gasteiger partial charge in [-0.05, 0) is 69.3 Å². The van der Waals surface area contributed by atoms with Crippen LogP contribution in [-0.2, 0) is 4.79 Å². The quantitative estimate of drug-likeness (QED) is 0.621. The van der Waals surface area contributed by atoms with Crippen molar-refractivity contribution < 1.29 is 14.3 Å². The topological polar surface area (TPSA) is 59.6 Å². The number of hydrogen-bond acceptors (Lipinski definition) is 4. The van der Waals surface area contributed by atoms with E-state index in [1.54, 1.807) is 7.11 Å². The lowest BCUT2D eigenvalue weighted by atomic mass is 9.93. The first kappa shape index (κ1) is 20.6. The molecule has 1 aliphatic heterocycles. The van der Waals surface area contributed by atoms with Crippen LogP contribution in [0, 0.1) is 5.92 Å². The molecule has 1 fully saturated rings. The largest absolute Gasteiger partial charge is 0.493 e. The van der Waals surface area contributed by atoms with Crippen molar-refractivity contribution in [2.24, 2.45) is 5.92 Å². The molecular weight excluding hydrogens is 328 g/mol. The van der Waals surface area contributed by atoms with Crippen molar-refractivity contribution in [1.29, 1.82) is 0 Å². The molecule has 5 nitrogen and oxygen atoms in total. The highest BCUT2D eigenvalue weighted by atomic mass is 16.5. The number of amides is 1. The molecule has 0 aliphatic carbocycles. The molecule has 26 heavy (non-hydrogen) atoms. The van der Waals surface area contributed by atoms with Gasteiger partial charge in [0.2, 0.25) is 5.91 Å². The van der Waals surface area contributed by atoms with Gasteiger partial charge in [-0.25, -0.2) is 0 Å². The average Bonchev–Trinajstić information content (AvgIpc) is 2.67. The molecule has 1 unspecified atom stereocenters. The van der Waals surface area contributed by atoms with Crippen LogP contribution in [0.3, 0.4) is 0 Å². The zero-order valence-electron chi connectivity index (χ0n) is 16.5. The third-order valence-electron chi connectivity index (χ3n) is 5.06. The van der Waals surface area contributed by atoms with Crippen molar-refractivity contribution in [1.82, 2.24) is 10.6 Å². The first-order valence-electron chi connectivity index (χ1n) is 9.94. The summed E-state index contributed by atoms with van der Waals surface area (Å²) in [6.45, 7) is 6.99. The number of rotatable bonds is 10. The number of hydrogen-bond donors (Lipinski definition) is 2. The number of nitrogens with one attached hydrogen (secondary N) is 2. The van der Waals surface area contributed by atoms with E-state index >= 15 is 0 Å². The standard InChI is InChI=1S/C21H34N2O3/c1-4-5-14-26-19-8-7-18(15-20(19)25-3)16(2)23-21(24)9-6-17-10-12-22-13-11-17/h7-8,15-17,22H,4-6,9-14H2,1-3H3,(H,23,24). The van der Waals surface area contributed by atoms with E-state index in [0.29, 0.717) is 18.9 Å². The molecule has 1 aromatic rings. The Morgan fingerprint density at radius 2 is 2.08 bits per heavy atom. The maximum Gasteiger partial charge on any atom is 0.220 e. The van der Waals surface area contributed by atoms with Gasteiger partial charge < -0.3 is 20.1 Å². The van der Waals surface area contributed by atoms with E-state index in [-0.39, 0.29) is 11.9 Å². The maximum absolute atomic E-state index is 12.3. The summed E-state index contributed by atoms with van der Waals surface area (Å²) in [7, 11) is 1.65. The second-order valence-electron chi connectivity index (χ2n) is 7.13. The molecule has 1 saturated heterocycles. The zero-order valence-corrected chi connectivity index (χ0v) is 16.5. The van der Waals surface area contributed by atoms with E-state index in [1.165, 1.54) is 12.8 Å². The highest BCUT2D eigenvalue weighted by Crippen LogP contribution is 2.30. The van der Waals surface area contributed by atoms with Crippen molar-refractivity contribution in [3.63, 3.8) is 0 Å². The Morgan fingerprint density at radius 1 is 1.31 bits per heavy atom. The lowest BCUT2D eigenvalue weighted by Crippen LogP contribution is -2.30. The van der Waals surface area contributed by atoms with E-state index in [4.69, 9.17) is 9.47 Å². The van der Waals surface area contributed by atoms with E-state index in [9.17, 15) is 4.79 Å². The van der Waals surface area contributed by atoms with Gasteiger partial charge in [0, 0.05) is 6.42 Å². The Morgan fingerprint density at radius 3 is 2.77 bits per heavy atom. The third kappa shape index (κ3) is 6.52. The van der Waals surface area contributed by atoms with Crippen LogP contribution in [-0.4, -0.2) is 32.7 Å². The first-order chi connectivity index (χ1) is 12.6. The SMILES string of the molecule is CCCCOc1ccc(C(C)NC(=O)CCC2CCNCC2)cc1OC. The normalized spacial score (nSPS) is 16.1. The van der Waals surface area contributed by atoms with Gasteiger partial charge in [0.05, 0.1) is 19.8 Å². The van der Waals surface area contributed by atoms with Gasteiger partial charge in [0.1, 0.15) is 0 Å². The Balaban J connectivity index is 1.85. The van der Waals surface area contributed by atoms with E-state index in [0.717, 1.165) is 49.4 Å². The lowest BCUT2D eigenvalue weighted by molar-refractivity contribution is -0.122. The summed E-state index contributed by atoms with van der Waals surface area (Å²) in [5.74, 6) is 2.28. The van der Waals surface area contributed by atoms with Gasteiger partial charge in [0.25, 0.3) is 0 Å². The number of methoxy groups -OCH3 is 1. The molecule has 1 amide bonds. The van der Waals surface area contributed by atoms with Crippen LogP contribution in [0.25, 0.3) is 0 Å². The minimum atomic E-state index is -0.0471. The summed E-state index contributed by atoms with van der Waals surface area (Å²) in [5, 5.41) is 6.47. The molecule has 5 heteroatoms. The second kappa shape index (κ2) is 11.1. The van der Waals surface area contributed by atoms with E-state index < -0.39 is 0 Å². The highest BCUT2D eigenvalue weighted by molar-refractivity contribution is 5.76. The summed E-state index contributed by atoms with van der Waals surface area (Å²) < 4.78 is 11.2. The number of piperidine rings is 1. The molecule has 1 aliphatic rings. The molecule has 1 aromatic carbocycles. The lowest BCUT2D eigenvalue weighted by Gasteiger charge is -2.22. The van der Waals surface area contributed by atoms with Crippen LogP contribution < -0.4 is 20.1 Å². The number of ether oxygens (including phenoxy) is 2. The summed E-state index contributed by atoms with van der Waals surface area (Å²) in [5.41, 5.74) is 1.03. The predicted octanol–water partition coefficient (Wildman–Crippen LogP) is 3.83. The van der Waals surface area contributed by atoms with E-state index in [1.807, 2.05) is 25.1 Å². The van der Waals surface area contributed by atoms with Crippen molar-refractivity contribution in [3.05, 3.63) is 23.8 Å². The molecule has 0 spiro atoms. The van der Waals surface area contributed by atoms with Crippen LogP contribution in [0.4, 0.5) is 0 Å². The highest BCUT2D eigenvalue weighted by Gasteiger charge is 2.16. The van der Waals surface area contributed by atoms with Gasteiger partial charge in [-0.3, -0.25) is 4.79 Å². The Bertz CT molecular complexity index is 556. The molecule has 0 radical (unpaired) electrons.